The van der Waals surface area contributed by atoms with Gasteiger partial charge in [-0.1, -0.05) is 18.2 Å². The number of nitrogens with one attached hydrogen (secondary N) is 1. The Morgan fingerprint density at radius 3 is 2.50 bits per heavy atom. The van der Waals surface area contributed by atoms with Crippen molar-refractivity contribution in [2.24, 2.45) is 0 Å². The fourth-order valence-electron chi connectivity index (χ4n) is 3.00. The molecule has 0 saturated carbocycles. The van der Waals surface area contributed by atoms with Gasteiger partial charge in [0.05, 0.1) is 24.5 Å². The molecule has 10 heteroatoms. The minimum absolute atomic E-state index is 0.0460. The van der Waals surface area contributed by atoms with Crippen LogP contribution in [0.25, 0.3) is 5.69 Å². The summed E-state index contributed by atoms with van der Waals surface area (Å²) in [6.45, 7) is 1.29. The summed E-state index contributed by atoms with van der Waals surface area (Å²) in [4.78, 5) is 24.8. The zero-order chi connectivity index (χ0) is 23.5. The van der Waals surface area contributed by atoms with Crippen molar-refractivity contribution in [3.8, 4) is 11.4 Å². The predicted octanol–water partition coefficient (Wildman–Crippen LogP) is 3.03. The number of hydrogen-bond acceptors (Lipinski definition) is 5. The zero-order valence-corrected chi connectivity index (χ0v) is 17.2. The second kappa shape index (κ2) is 9.23. The molecule has 1 atom stereocenters. The molecule has 0 bridgehead atoms. The first-order valence-electron chi connectivity index (χ1n) is 9.49. The summed E-state index contributed by atoms with van der Waals surface area (Å²) in [6, 6.07) is 12.0. The summed E-state index contributed by atoms with van der Waals surface area (Å²) < 4.78 is 45.3. The lowest BCUT2D eigenvalue weighted by atomic mass is 10.1. The molecule has 2 N–H and O–H groups in total. The Balaban J connectivity index is 1.82. The Kier molecular flexibility index (Phi) is 6.64. The molecule has 0 aliphatic heterocycles. The summed E-state index contributed by atoms with van der Waals surface area (Å²) in [6.07, 6.45) is -5.61. The van der Waals surface area contributed by atoms with Crippen LogP contribution in [0.3, 0.4) is 0 Å². The third-order valence-corrected chi connectivity index (χ3v) is 4.70. The number of ether oxygens (including phenoxy) is 1. The Hall–Kier alpha value is -3.66. The van der Waals surface area contributed by atoms with Gasteiger partial charge >= 0.3 is 6.18 Å². The van der Waals surface area contributed by atoms with E-state index in [2.05, 4.69) is 10.4 Å². The van der Waals surface area contributed by atoms with Crippen LogP contribution >= 0.6 is 0 Å². The minimum Gasteiger partial charge on any atom is -0.497 e. The molecule has 168 valence electrons. The minimum atomic E-state index is -4.55. The lowest BCUT2D eigenvalue weighted by Crippen LogP contribution is -2.34. The van der Waals surface area contributed by atoms with E-state index in [1.807, 2.05) is 0 Å². The molecule has 2 aromatic carbocycles. The molecule has 0 aliphatic carbocycles. The van der Waals surface area contributed by atoms with Crippen molar-refractivity contribution < 1.29 is 27.8 Å². The third-order valence-electron chi connectivity index (χ3n) is 4.70. The number of carbonyl (C=O) groups is 1. The Bertz CT molecular complexity index is 1170. The summed E-state index contributed by atoms with van der Waals surface area (Å²) >= 11 is 0. The van der Waals surface area contributed by atoms with Gasteiger partial charge in [0.25, 0.3) is 5.91 Å². The maximum Gasteiger partial charge on any atom is 0.416 e. The SMILES string of the molecule is COc1ccc(C(O)CNC(=O)c2nn(-c3cccc(C(F)(F)F)c3)c(C)cc2=O)cc1. The number of rotatable bonds is 6. The van der Waals surface area contributed by atoms with Crippen molar-refractivity contribution in [2.75, 3.05) is 13.7 Å². The highest BCUT2D eigenvalue weighted by molar-refractivity contribution is 5.92. The predicted molar refractivity (Wildman–Crippen MR) is 110 cm³/mol. The second-order valence-corrected chi connectivity index (χ2v) is 6.96. The fourth-order valence-corrected chi connectivity index (χ4v) is 3.00. The van der Waals surface area contributed by atoms with Gasteiger partial charge in [0.2, 0.25) is 5.43 Å². The molecule has 1 heterocycles. The van der Waals surface area contributed by atoms with Crippen LogP contribution < -0.4 is 15.5 Å². The summed E-state index contributed by atoms with van der Waals surface area (Å²) in [5.74, 6) is -0.257. The molecular formula is C22H20F3N3O4. The number of halogens is 3. The van der Waals surface area contributed by atoms with Gasteiger partial charge in [-0.05, 0) is 42.8 Å². The number of benzene rings is 2. The van der Waals surface area contributed by atoms with Crippen molar-refractivity contribution in [2.45, 2.75) is 19.2 Å². The number of nitrogens with zero attached hydrogens (tertiary/aromatic N) is 2. The molecule has 1 aromatic heterocycles. The maximum absolute atomic E-state index is 13.0. The van der Waals surface area contributed by atoms with Gasteiger partial charge in [-0.3, -0.25) is 9.59 Å². The summed E-state index contributed by atoms with van der Waals surface area (Å²) in [7, 11) is 1.51. The molecule has 32 heavy (non-hydrogen) atoms. The number of aryl methyl sites for hydroxylation is 1. The molecule has 0 spiro atoms. The quantitative estimate of drug-likeness (QED) is 0.606. The molecular weight excluding hydrogens is 427 g/mol. The van der Waals surface area contributed by atoms with Crippen molar-refractivity contribution in [3.05, 3.63) is 87.3 Å². The molecule has 3 aromatic rings. The largest absolute Gasteiger partial charge is 0.497 e. The maximum atomic E-state index is 13.0. The standard InChI is InChI=1S/C22H20F3N3O4/c1-13-10-18(29)20(27-28(13)16-5-3-4-15(11-16)22(23,24)25)21(31)26-12-19(30)14-6-8-17(32-2)9-7-14/h3-11,19,30H,12H2,1-2H3,(H,26,31). The Morgan fingerprint density at radius 1 is 1.19 bits per heavy atom. The highest BCUT2D eigenvalue weighted by Crippen LogP contribution is 2.30. The van der Waals surface area contributed by atoms with E-state index in [4.69, 9.17) is 4.74 Å². The van der Waals surface area contributed by atoms with E-state index in [9.17, 15) is 27.9 Å². The normalized spacial score (nSPS) is 12.3. The smallest absolute Gasteiger partial charge is 0.416 e. The first-order chi connectivity index (χ1) is 15.1. The molecule has 7 nitrogen and oxygen atoms in total. The first kappa shape index (κ1) is 23.0. The fraction of sp³-hybridized carbons (Fsp3) is 0.227. The third kappa shape index (κ3) is 5.14. The molecule has 0 saturated heterocycles. The monoisotopic (exact) mass is 447 g/mol. The van der Waals surface area contributed by atoms with Crippen molar-refractivity contribution in [3.63, 3.8) is 0 Å². The number of methoxy groups -OCH3 is 1. The lowest BCUT2D eigenvalue weighted by Gasteiger charge is -2.15. The van der Waals surface area contributed by atoms with Crippen LogP contribution in [0.1, 0.15) is 33.4 Å². The van der Waals surface area contributed by atoms with Crippen LogP contribution in [0.5, 0.6) is 5.75 Å². The van der Waals surface area contributed by atoms with E-state index in [1.54, 1.807) is 24.3 Å². The van der Waals surface area contributed by atoms with Gasteiger partial charge in [-0.2, -0.15) is 18.3 Å². The lowest BCUT2D eigenvalue weighted by molar-refractivity contribution is -0.137. The summed E-state index contributed by atoms with van der Waals surface area (Å²) in [5, 5.41) is 16.7. The van der Waals surface area contributed by atoms with Gasteiger partial charge in [0.15, 0.2) is 5.69 Å². The van der Waals surface area contributed by atoms with Crippen LogP contribution in [0, 0.1) is 6.92 Å². The number of carbonyl (C=O) groups excluding carboxylic acids is 1. The van der Waals surface area contributed by atoms with E-state index in [0.29, 0.717) is 11.3 Å². The van der Waals surface area contributed by atoms with E-state index >= 15 is 0 Å². The highest BCUT2D eigenvalue weighted by atomic mass is 19.4. The Morgan fingerprint density at radius 2 is 1.88 bits per heavy atom. The van der Waals surface area contributed by atoms with Crippen molar-refractivity contribution in [1.82, 2.24) is 15.1 Å². The van der Waals surface area contributed by atoms with Crippen LogP contribution in [-0.4, -0.2) is 34.4 Å². The van der Waals surface area contributed by atoms with Gasteiger partial charge in [-0.25, -0.2) is 4.68 Å². The number of alkyl halides is 3. The second-order valence-electron chi connectivity index (χ2n) is 6.96. The highest BCUT2D eigenvalue weighted by Gasteiger charge is 2.30. The zero-order valence-electron chi connectivity index (χ0n) is 17.2. The van der Waals surface area contributed by atoms with Gasteiger partial charge < -0.3 is 15.2 Å². The van der Waals surface area contributed by atoms with Gasteiger partial charge in [0, 0.05) is 18.3 Å². The molecule has 1 amide bonds. The Labute approximate surface area is 181 Å². The van der Waals surface area contributed by atoms with Gasteiger partial charge in [0.1, 0.15) is 5.75 Å². The number of aliphatic hydroxyl groups excluding tert-OH is 1. The average Bonchev–Trinajstić information content (AvgIpc) is 2.77. The number of hydrogen-bond donors (Lipinski definition) is 2. The number of amides is 1. The van der Waals surface area contributed by atoms with Crippen LogP contribution in [-0.2, 0) is 6.18 Å². The average molecular weight is 447 g/mol. The molecule has 1 unspecified atom stereocenters. The van der Waals surface area contributed by atoms with Crippen LogP contribution in [0.4, 0.5) is 13.2 Å². The van der Waals surface area contributed by atoms with E-state index in [1.165, 1.54) is 26.2 Å². The molecule has 3 rings (SSSR count). The van der Waals surface area contributed by atoms with Crippen LogP contribution in [0.15, 0.2) is 59.4 Å². The molecule has 0 radical (unpaired) electrons. The topological polar surface area (TPSA) is 93.4 Å². The van der Waals surface area contributed by atoms with E-state index in [0.717, 1.165) is 22.9 Å². The van der Waals surface area contributed by atoms with Crippen molar-refractivity contribution >= 4 is 5.91 Å². The van der Waals surface area contributed by atoms with Crippen LogP contribution in [0.2, 0.25) is 0 Å². The summed E-state index contributed by atoms with van der Waals surface area (Å²) in [5.41, 5.74) is -1.27. The van der Waals surface area contributed by atoms with Crippen molar-refractivity contribution in [1.29, 1.82) is 0 Å². The first-order valence-corrected chi connectivity index (χ1v) is 9.49. The molecule has 0 aliphatic rings. The molecule has 0 fully saturated rings. The van der Waals surface area contributed by atoms with E-state index < -0.39 is 34.9 Å². The number of aromatic nitrogens is 2. The van der Waals surface area contributed by atoms with E-state index in [-0.39, 0.29) is 17.9 Å². The van der Waals surface area contributed by atoms with Gasteiger partial charge in [-0.15, -0.1) is 0 Å². The number of aliphatic hydroxyl groups is 1.